The summed E-state index contributed by atoms with van der Waals surface area (Å²) in [5.74, 6) is -0.374. The molecule has 82 valence electrons. The van der Waals surface area contributed by atoms with Gasteiger partial charge in [-0.15, -0.1) is 0 Å². The Bertz CT molecular complexity index is 216. The van der Waals surface area contributed by atoms with Crippen molar-refractivity contribution in [2.24, 2.45) is 17.3 Å². The smallest absolute Gasteiger partial charge is 0.171 e. The lowest BCUT2D eigenvalue weighted by molar-refractivity contribution is -0.184. The van der Waals surface area contributed by atoms with Crippen molar-refractivity contribution in [3.05, 3.63) is 0 Å². The lowest BCUT2D eigenvalue weighted by Gasteiger charge is -2.30. The van der Waals surface area contributed by atoms with Crippen LogP contribution in [0.1, 0.15) is 32.1 Å². The molecule has 0 aromatic rings. The minimum Gasteiger partial charge on any atom is -0.171 e. The number of halogens is 4. The molecule has 0 heterocycles. The van der Waals surface area contributed by atoms with Crippen LogP contribution in [-0.4, -0.2) is 11.5 Å². The zero-order valence-corrected chi connectivity index (χ0v) is 9.50. The average Bonchev–Trinajstić information content (AvgIpc) is 2.78. The normalized spacial score (nSPS) is 42.9. The Kier molecular flexibility index (Phi) is 2.61. The third-order valence-electron chi connectivity index (χ3n) is 3.99. The van der Waals surface area contributed by atoms with Crippen LogP contribution in [0.2, 0.25) is 0 Å². The predicted molar refractivity (Wildman–Crippen MR) is 52.3 cm³/mol. The Balaban J connectivity index is 1.88. The second-order valence-corrected chi connectivity index (χ2v) is 5.38. The predicted octanol–water partition coefficient (Wildman–Crippen LogP) is 4.14. The molecular weight excluding hydrogens is 257 g/mol. The number of hydrogen-bond donors (Lipinski definition) is 0. The van der Waals surface area contributed by atoms with Crippen LogP contribution in [0.25, 0.3) is 0 Å². The Morgan fingerprint density at radius 2 is 1.79 bits per heavy atom. The lowest BCUT2D eigenvalue weighted by Crippen LogP contribution is -2.29. The summed E-state index contributed by atoms with van der Waals surface area (Å²) in [6.07, 6.45) is -0.538. The van der Waals surface area contributed by atoms with E-state index in [4.69, 9.17) is 0 Å². The molecule has 0 radical (unpaired) electrons. The van der Waals surface area contributed by atoms with Gasteiger partial charge in [-0.2, -0.15) is 13.2 Å². The first-order chi connectivity index (χ1) is 6.48. The molecule has 4 heteroatoms. The van der Waals surface area contributed by atoms with E-state index in [1.54, 1.807) is 0 Å². The molecule has 0 amide bonds. The maximum atomic E-state index is 12.4. The maximum Gasteiger partial charge on any atom is 0.391 e. The molecule has 0 aromatic heterocycles. The molecule has 1 spiro atoms. The minimum atomic E-state index is -3.96. The van der Waals surface area contributed by atoms with Crippen LogP contribution in [0.15, 0.2) is 0 Å². The van der Waals surface area contributed by atoms with E-state index in [-0.39, 0.29) is 0 Å². The van der Waals surface area contributed by atoms with E-state index in [2.05, 4.69) is 15.9 Å². The summed E-state index contributed by atoms with van der Waals surface area (Å²) in [5, 5.41) is 0.962. The first kappa shape index (κ1) is 10.8. The molecule has 0 nitrogen and oxygen atoms in total. The van der Waals surface area contributed by atoms with Gasteiger partial charge in [0, 0.05) is 5.33 Å². The van der Waals surface area contributed by atoms with Crippen molar-refractivity contribution in [2.75, 3.05) is 5.33 Å². The van der Waals surface area contributed by atoms with Crippen molar-refractivity contribution < 1.29 is 13.2 Å². The molecule has 2 fully saturated rings. The molecular formula is C10H14BrF3. The highest BCUT2D eigenvalue weighted by Crippen LogP contribution is 2.63. The van der Waals surface area contributed by atoms with Crippen molar-refractivity contribution in [1.29, 1.82) is 0 Å². The molecule has 2 saturated carbocycles. The number of alkyl halides is 4. The van der Waals surface area contributed by atoms with Crippen molar-refractivity contribution in [3.63, 3.8) is 0 Å². The van der Waals surface area contributed by atoms with E-state index in [1.165, 1.54) is 0 Å². The minimum absolute atomic E-state index is 0.297. The van der Waals surface area contributed by atoms with Crippen LogP contribution in [0.4, 0.5) is 13.2 Å². The number of rotatable bonds is 1. The highest BCUT2D eigenvalue weighted by atomic mass is 79.9. The van der Waals surface area contributed by atoms with E-state index >= 15 is 0 Å². The maximum absolute atomic E-state index is 12.4. The molecule has 0 N–H and O–H groups in total. The Morgan fingerprint density at radius 1 is 1.21 bits per heavy atom. The average molecular weight is 271 g/mol. The molecule has 2 aliphatic carbocycles. The van der Waals surface area contributed by atoms with Gasteiger partial charge in [-0.25, -0.2) is 0 Å². The highest BCUT2D eigenvalue weighted by molar-refractivity contribution is 9.09. The van der Waals surface area contributed by atoms with Crippen LogP contribution in [0.5, 0.6) is 0 Å². The van der Waals surface area contributed by atoms with Gasteiger partial charge < -0.3 is 0 Å². The summed E-state index contributed by atoms with van der Waals surface area (Å²) < 4.78 is 37.1. The van der Waals surface area contributed by atoms with E-state index < -0.39 is 12.1 Å². The van der Waals surface area contributed by atoms with Crippen LogP contribution in [-0.2, 0) is 0 Å². The SMILES string of the molecule is FC(F)(F)C1CCC2(CC1)CC2CBr. The van der Waals surface area contributed by atoms with Crippen molar-refractivity contribution in [3.8, 4) is 0 Å². The second-order valence-electron chi connectivity index (χ2n) is 4.73. The summed E-state index contributed by atoms with van der Waals surface area (Å²) in [4.78, 5) is 0. The van der Waals surface area contributed by atoms with Gasteiger partial charge in [0.15, 0.2) is 0 Å². The van der Waals surface area contributed by atoms with Crippen LogP contribution in [0, 0.1) is 17.3 Å². The third-order valence-corrected chi connectivity index (χ3v) is 4.77. The van der Waals surface area contributed by atoms with Crippen molar-refractivity contribution in [2.45, 2.75) is 38.3 Å². The van der Waals surface area contributed by atoms with Gasteiger partial charge in [-0.1, -0.05) is 15.9 Å². The molecule has 0 saturated heterocycles. The topological polar surface area (TPSA) is 0 Å². The second kappa shape index (κ2) is 3.39. The van der Waals surface area contributed by atoms with E-state index in [0.717, 1.165) is 24.6 Å². The fraction of sp³-hybridized carbons (Fsp3) is 1.00. The van der Waals surface area contributed by atoms with Gasteiger partial charge in [-0.3, -0.25) is 0 Å². The van der Waals surface area contributed by atoms with Gasteiger partial charge >= 0.3 is 6.18 Å². The summed E-state index contributed by atoms with van der Waals surface area (Å²) >= 11 is 3.42. The van der Waals surface area contributed by atoms with Crippen molar-refractivity contribution in [1.82, 2.24) is 0 Å². The standard InChI is InChI=1S/C10H14BrF3/c11-6-8-5-9(8)3-1-7(2-4-9)10(12,13)14/h7-8H,1-6H2. The van der Waals surface area contributed by atoms with E-state index in [0.29, 0.717) is 24.2 Å². The molecule has 14 heavy (non-hydrogen) atoms. The van der Waals surface area contributed by atoms with Crippen molar-refractivity contribution >= 4 is 15.9 Å². The Hall–Kier alpha value is 0.270. The highest BCUT2D eigenvalue weighted by Gasteiger charge is 2.56. The molecule has 0 aliphatic heterocycles. The molecule has 1 unspecified atom stereocenters. The third kappa shape index (κ3) is 1.82. The summed E-state index contributed by atoms with van der Waals surface area (Å²) in [6, 6.07) is 0. The Labute approximate surface area is 90.4 Å². The lowest BCUT2D eigenvalue weighted by atomic mass is 9.78. The molecule has 1 atom stereocenters. The van der Waals surface area contributed by atoms with E-state index in [9.17, 15) is 13.2 Å². The molecule has 2 rings (SSSR count). The quantitative estimate of drug-likeness (QED) is 0.629. The Morgan fingerprint density at radius 3 is 2.14 bits per heavy atom. The molecule has 2 aliphatic rings. The summed E-state index contributed by atoms with van der Waals surface area (Å²) in [5.41, 5.74) is 0.297. The molecule has 0 aromatic carbocycles. The van der Waals surface area contributed by atoms with Crippen LogP contribution < -0.4 is 0 Å². The monoisotopic (exact) mass is 270 g/mol. The largest absolute Gasteiger partial charge is 0.391 e. The fourth-order valence-corrected chi connectivity index (χ4v) is 3.70. The van der Waals surface area contributed by atoms with Crippen LogP contribution in [0.3, 0.4) is 0 Å². The fourth-order valence-electron chi connectivity index (χ4n) is 2.78. The zero-order chi connectivity index (χ0) is 10.4. The van der Waals surface area contributed by atoms with Gasteiger partial charge in [0.1, 0.15) is 0 Å². The first-order valence-electron chi connectivity index (χ1n) is 5.11. The van der Waals surface area contributed by atoms with Crippen LogP contribution >= 0.6 is 15.9 Å². The van der Waals surface area contributed by atoms with Gasteiger partial charge in [0.2, 0.25) is 0 Å². The van der Waals surface area contributed by atoms with Gasteiger partial charge in [0.25, 0.3) is 0 Å². The van der Waals surface area contributed by atoms with Gasteiger partial charge in [0.05, 0.1) is 5.92 Å². The summed E-state index contributed by atoms with van der Waals surface area (Å²) in [6.45, 7) is 0. The zero-order valence-electron chi connectivity index (χ0n) is 7.91. The molecule has 0 bridgehead atoms. The first-order valence-corrected chi connectivity index (χ1v) is 6.23. The van der Waals surface area contributed by atoms with Gasteiger partial charge in [-0.05, 0) is 43.4 Å². The number of hydrogen-bond acceptors (Lipinski definition) is 0. The van der Waals surface area contributed by atoms with E-state index in [1.807, 2.05) is 0 Å². The summed E-state index contributed by atoms with van der Waals surface area (Å²) in [7, 11) is 0.